The van der Waals surface area contributed by atoms with E-state index in [1.807, 2.05) is 12.1 Å². The summed E-state index contributed by atoms with van der Waals surface area (Å²) in [6.45, 7) is 1.32. The molecule has 6 heteroatoms. The zero-order valence-corrected chi connectivity index (χ0v) is 14.1. The predicted molar refractivity (Wildman–Crippen MR) is 90.8 cm³/mol. The van der Waals surface area contributed by atoms with Crippen LogP contribution in [0.15, 0.2) is 47.1 Å². The van der Waals surface area contributed by atoms with Crippen LogP contribution in [0.5, 0.6) is 5.75 Å². The number of nitrogens with one attached hydrogen (secondary N) is 1. The smallest absolute Gasteiger partial charge is 0.256 e. The second-order valence-corrected chi connectivity index (χ2v) is 6.21. The molecule has 1 N–H and O–H groups in total. The quantitative estimate of drug-likeness (QED) is 0.864. The molecule has 5 nitrogen and oxygen atoms in total. The van der Waals surface area contributed by atoms with Gasteiger partial charge in [0.1, 0.15) is 18.2 Å². The Bertz CT molecular complexity index is 670. The highest BCUT2D eigenvalue weighted by molar-refractivity contribution is 9.10. The van der Waals surface area contributed by atoms with Crippen LogP contribution in [-0.4, -0.2) is 30.2 Å². The van der Waals surface area contributed by atoms with Gasteiger partial charge in [-0.25, -0.2) is 4.98 Å². The van der Waals surface area contributed by atoms with Gasteiger partial charge in [0.15, 0.2) is 0 Å². The summed E-state index contributed by atoms with van der Waals surface area (Å²) in [5.74, 6) is 0.947. The molecule has 23 heavy (non-hydrogen) atoms. The number of halogens is 1. The van der Waals surface area contributed by atoms with Crippen molar-refractivity contribution in [2.45, 2.75) is 18.9 Å². The van der Waals surface area contributed by atoms with Crippen LogP contribution < -0.4 is 10.1 Å². The van der Waals surface area contributed by atoms with Gasteiger partial charge in [-0.15, -0.1) is 0 Å². The number of rotatable bonds is 5. The topological polar surface area (TPSA) is 60.5 Å². The first-order chi connectivity index (χ1) is 11.2. The van der Waals surface area contributed by atoms with Crippen molar-refractivity contribution < 1.29 is 14.3 Å². The molecule has 1 amide bonds. The SMILES string of the molecule is O=C(Nc1ccc(Br)cn1)c1cccc(OCC2CCCO2)c1. The average Bonchev–Trinajstić information content (AvgIpc) is 3.09. The molecule has 2 aromatic rings. The Balaban J connectivity index is 1.61. The molecule has 1 aromatic carbocycles. The lowest BCUT2D eigenvalue weighted by molar-refractivity contribution is 0.0679. The van der Waals surface area contributed by atoms with Gasteiger partial charge in [0.05, 0.1) is 6.10 Å². The maximum Gasteiger partial charge on any atom is 0.256 e. The lowest BCUT2D eigenvalue weighted by atomic mass is 10.2. The maximum absolute atomic E-state index is 12.3. The van der Waals surface area contributed by atoms with Gasteiger partial charge >= 0.3 is 0 Å². The van der Waals surface area contributed by atoms with E-state index < -0.39 is 0 Å². The summed E-state index contributed by atoms with van der Waals surface area (Å²) >= 11 is 3.31. The van der Waals surface area contributed by atoms with E-state index in [4.69, 9.17) is 9.47 Å². The van der Waals surface area contributed by atoms with Gasteiger partial charge in [-0.05, 0) is 59.1 Å². The number of carbonyl (C=O) groups is 1. The molecular formula is C17H17BrN2O3. The first kappa shape index (κ1) is 16.0. The first-order valence-corrected chi connectivity index (χ1v) is 8.27. The summed E-state index contributed by atoms with van der Waals surface area (Å²) in [5, 5.41) is 2.76. The van der Waals surface area contributed by atoms with E-state index in [1.54, 1.807) is 30.5 Å². The van der Waals surface area contributed by atoms with Gasteiger partial charge in [0, 0.05) is 22.8 Å². The lowest BCUT2D eigenvalue weighted by Crippen LogP contribution is -2.17. The molecule has 0 spiro atoms. The van der Waals surface area contributed by atoms with E-state index in [0.717, 1.165) is 23.9 Å². The Labute approximate surface area is 143 Å². The van der Waals surface area contributed by atoms with Gasteiger partial charge in [0.25, 0.3) is 5.91 Å². The van der Waals surface area contributed by atoms with Crippen molar-refractivity contribution in [3.05, 3.63) is 52.6 Å². The number of benzene rings is 1. The minimum atomic E-state index is -0.220. The molecular weight excluding hydrogens is 360 g/mol. The number of hydrogen-bond donors (Lipinski definition) is 1. The second kappa shape index (κ2) is 7.57. The Morgan fingerprint density at radius 3 is 3.04 bits per heavy atom. The number of aromatic nitrogens is 1. The number of carbonyl (C=O) groups excluding carboxylic acids is 1. The standard InChI is InChI=1S/C17H17BrN2O3/c18-13-6-7-16(19-10-13)20-17(21)12-3-1-4-14(9-12)23-11-15-5-2-8-22-15/h1,3-4,6-7,9-10,15H,2,5,8,11H2,(H,19,20,21). The fourth-order valence-electron chi connectivity index (χ4n) is 2.33. The van der Waals surface area contributed by atoms with Crippen LogP contribution in [0.2, 0.25) is 0 Å². The summed E-state index contributed by atoms with van der Waals surface area (Å²) in [6, 6.07) is 10.7. The Morgan fingerprint density at radius 2 is 2.30 bits per heavy atom. The normalized spacial score (nSPS) is 17.0. The number of ether oxygens (including phenoxy) is 2. The van der Waals surface area contributed by atoms with Crippen molar-refractivity contribution in [2.24, 2.45) is 0 Å². The molecule has 3 rings (SSSR count). The van der Waals surface area contributed by atoms with Gasteiger partial charge in [-0.1, -0.05) is 6.07 Å². The summed E-state index contributed by atoms with van der Waals surface area (Å²) in [5.41, 5.74) is 0.527. The van der Waals surface area contributed by atoms with Crippen LogP contribution >= 0.6 is 15.9 Å². The fraction of sp³-hybridized carbons (Fsp3) is 0.294. The van der Waals surface area contributed by atoms with Crippen LogP contribution in [0.4, 0.5) is 5.82 Å². The zero-order chi connectivity index (χ0) is 16.1. The predicted octanol–water partition coefficient (Wildman–Crippen LogP) is 3.65. The molecule has 1 aliphatic heterocycles. The van der Waals surface area contributed by atoms with Crippen LogP contribution in [0, 0.1) is 0 Å². The molecule has 1 aliphatic rings. The van der Waals surface area contributed by atoms with E-state index in [2.05, 4.69) is 26.2 Å². The van der Waals surface area contributed by atoms with Crippen LogP contribution in [0.3, 0.4) is 0 Å². The third-order valence-corrected chi connectivity index (χ3v) is 3.99. The Hall–Kier alpha value is -1.92. The molecule has 1 atom stereocenters. The minimum absolute atomic E-state index is 0.152. The largest absolute Gasteiger partial charge is 0.491 e. The Kier molecular flexibility index (Phi) is 5.25. The molecule has 1 aromatic heterocycles. The Morgan fingerprint density at radius 1 is 1.39 bits per heavy atom. The van der Waals surface area contributed by atoms with E-state index in [1.165, 1.54) is 0 Å². The third-order valence-electron chi connectivity index (χ3n) is 3.53. The average molecular weight is 377 g/mol. The molecule has 1 saturated heterocycles. The molecule has 0 bridgehead atoms. The highest BCUT2D eigenvalue weighted by atomic mass is 79.9. The van der Waals surface area contributed by atoms with Crippen molar-refractivity contribution in [2.75, 3.05) is 18.5 Å². The van der Waals surface area contributed by atoms with Crippen LogP contribution in [0.25, 0.3) is 0 Å². The minimum Gasteiger partial charge on any atom is -0.491 e. The molecule has 2 heterocycles. The van der Waals surface area contributed by atoms with Gasteiger partial charge in [-0.2, -0.15) is 0 Å². The first-order valence-electron chi connectivity index (χ1n) is 7.48. The molecule has 1 unspecified atom stereocenters. The zero-order valence-electron chi connectivity index (χ0n) is 12.5. The molecule has 120 valence electrons. The highest BCUT2D eigenvalue weighted by Gasteiger charge is 2.16. The summed E-state index contributed by atoms with van der Waals surface area (Å²) in [4.78, 5) is 16.4. The second-order valence-electron chi connectivity index (χ2n) is 5.29. The highest BCUT2D eigenvalue weighted by Crippen LogP contribution is 2.18. The van der Waals surface area contributed by atoms with Gasteiger partial charge < -0.3 is 14.8 Å². The van der Waals surface area contributed by atoms with Crippen LogP contribution in [-0.2, 0) is 4.74 Å². The number of hydrogen-bond acceptors (Lipinski definition) is 4. The summed E-state index contributed by atoms with van der Waals surface area (Å²) < 4.78 is 12.1. The summed E-state index contributed by atoms with van der Waals surface area (Å²) in [6.07, 6.45) is 3.89. The number of nitrogens with zero attached hydrogens (tertiary/aromatic N) is 1. The lowest BCUT2D eigenvalue weighted by Gasteiger charge is -2.12. The van der Waals surface area contributed by atoms with Crippen molar-refractivity contribution in [3.63, 3.8) is 0 Å². The van der Waals surface area contributed by atoms with Crippen molar-refractivity contribution in [1.82, 2.24) is 4.98 Å². The van der Waals surface area contributed by atoms with E-state index in [-0.39, 0.29) is 12.0 Å². The molecule has 0 radical (unpaired) electrons. The van der Waals surface area contributed by atoms with E-state index >= 15 is 0 Å². The van der Waals surface area contributed by atoms with Crippen molar-refractivity contribution in [1.29, 1.82) is 0 Å². The summed E-state index contributed by atoms with van der Waals surface area (Å²) in [7, 11) is 0. The third kappa shape index (κ3) is 4.53. The maximum atomic E-state index is 12.3. The molecule has 0 saturated carbocycles. The van der Waals surface area contributed by atoms with E-state index in [0.29, 0.717) is 23.7 Å². The van der Waals surface area contributed by atoms with E-state index in [9.17, 15) is 4.79 Å². The fourth-order valence-corrected chi connectivity index (χ4v) is 2.56. The van der Waals surface area contributed by atoms with Gasteiger partial charge in [-0.3, -0.25) is 4.79 Å². The number of anilines is 1. The van der Waals surface area contributed by atoms with Crippen molar-refractivity contribution >= 4 is 27.7 Å². The van der Waals surface area contributed by atoms with Gasteiger partial charge in [0.2, 0.25) is 0 Å². The number of amides is 1. The molecule has 1 fully saturated rings. The van der Waals surface area contributed by atoms with Crippen LogP contribution in [0.1, 0.15) is 23.2 Å². The monoisotopic (exact) mass is 376 g/mol. The van der Waals surface area contributed by atoms with Crippen molar-refractivity contribution in [3.8, 4) is 5.75 Å². The number of pyridine rings is 1. The molecule has 0 aliphatic carbocycles.